The van der Waals surface area contributed by atoms with Crippen LogP contribution >= 0.6 is 0 Å². The van der Waals surface area contributed by atoms with Gasteiger partial charge in [0.05, 0.1) is 0 Å². The average Bonchev–Trinajstić information content (AvgIpc) is 2.14. The van der Waals surface area contributed by atoms with Gasteiger partial charge in [0, 0.05) is 13.1 Å². The Labute approximate surface area is 92.5 Å². The number of hydrogen-bond acceptors (Lipinski definition) is 4. The minimum atomic E-state index is -4.94. The molecule has 0 radical (unpaired) electrons. The number of alkyl halides is 3. The molecule has 9 heteroatoms. The monoisotopic (exact) mass is 249 g/mol. The second-order valence-electron chi connectivity index (χ2n) is 2.94. The Hall–Kier alpha value is -2.19. The first-order valence-corrected chi connectivity index (χ1v) is 4.17. The number of rotatable bonds is 2. The van der Waals surface area contributed by atoms with Crippen molar-refractivity contribution in [2.75, 3.05) is 5.32 Å². The zero-order valence-electron chi connectivity index (χ0n) is 8.37. The van der Waals surface area contributed by atoms with Crippen LogP contribution in [0.15, 0.2) is 6.20 Å². The normalized spacial score (nSPS) is 11.1. The van der Waals surface area contributed by atoms with E-state index in [1.54, 1.807) is 0 Å². The molecule has 0 unspecified atom stereocenters. The Balaban J connectivity index is 3.29. The molecular weight excluding hydrogens is 243 g/mol. The predicted octanol–water partition coefficient (Wildman–Crippen LogP) is 1.15. The molecule has 0 atom stereocenters. The highest BCUT2D eigenvalue weighted by molar-refractivity contribution is 5.90. The van der Waals surface area contributed by atoms with E-state index >= 15 is 0 Å². The van der Waals surface area contributed by atoms with Crippen LogP contribution in [0.1, 0.15) is 23.0 Å². The lowest BCUT2D eigenvalue weighted by atomic mass is 10.2. The summed E-state index contributed by atoms with van der Waals surface area (Å²) in [5.41, 5.74) is -2.68. The van der Waals surface area contributed by atoms with Gasteiger partial charge in [-0.25, -0.2) is 14.8 Å². The molecule has 0 aliphatic heterocycles. The highest BCUT2D eigenvalue weighted by atomic mass is 19.4. The lowest BCUT2D eigenvalue weighted by Gasteiger charge is -2.10. The Morgan fingerprint density at radius 3 is 2.41 bits per heavy atom. The Bertz CT molecular complexity index is 473. The van der Waals surface area contributed by atoms with E-state index in [-0.39, 0.29) is 0 Å². The molecular formula is C8H6F3N3O3. The molecule has 2 N–H and O–H groups in total. The van der Waals surface area contributed by atoms with Gasteiger partial charge in [-0.15, -0.1) is 0 Å². The number of carboxylic acid groups (broad SMARTS) is 1. The van der Waals surface area contributed by atoms with Gasteiger partial charge in [-0.1, -0.05) is 0 Å². The topological polar surface area (TPSA) is 92.2 Å². The Kier molecular flexibility index (Phi) is 3.30. The third-order valence-corrected chi connectivity index (χ3v) is 1.58. The van der Waals surface area contributed by atoms with Crippen LogP contribution in [-0.2, 0) is 11.0 Å². The van der Waals surface area contributed by atoms with Gasteiger partial charge in [0.15, 0.2) is 5.69 Å². The van der Waals surface area contributed by atoms with Gasteiger partial charge in [0.1, 0.15) is 5.56 Å². The van der Waals surface area contributed by atoms with Crippen LogP contribution < -0.4 is 5.32 Å². The largest absolute Gasteiger partial charge is 0.478 e. The number of halogens is 3. The fourth-order valence-corrected chi connectivity index (χ4v) is 0.972. The summed E-state index contributed by atoms with van der Waals surface area (Å²) in [5.74, 6) is -3.07. The quantitative estimate of drug-likeness (QED) is 0.820. The number of carboxylic acids is 1. The van der Waals surface area contributed by atoms with Crippen molar-refractivity contribution in [2.24, 2.45) is 0 Å². The lowest BCUT2D eigenvalue weighted by molar-refractivity contribution is -0.141. The number of anilines is 1. The molecule has 0 aliphatic rings. The standard InChI is InChI=1S/C8H6F3N3O3/c1-3(15)13-7-12-2-4(6(16)17)5(14-7)8(9,10)11/h2H,1H3,(H,16,17)(H,12,13,14,15). The number of hydrogen-bond donors (Lipinski definition) is 2. The van der Waals surface area contributed by atoms with Crippen molar-refractivity contribution in [3.05, 3.63) is 17.5 Å². The van der Waals surface area contributed by atoms with E-state index in [1.807, 2.05) is 5.32 Å². The molecule has 0 spiro atoms. The maximum atomic E-state index is 12.5. The molecule has 1 aromatic heterocycles. The molecule has 0 saturated heterocycles. The first kappa shape index (κ1) is 12.9. The third kappa shape index (κ3) is 3.13. The maximum absolute atomic E-state index is 12.5. The number of carbonyl (C=O) groups is 2. The van der Waals surface area contributed by atoms with Crippen molar-refractivity contribution in [2.45, 2.75) is 13.1 Å². The second kappa shape index (κ2) is 4.36. The first-order chi connectivity index (χ1) is 7.71. The van der Waals surface area contributed by atoms with Crippen LogP contribution in [0.3, 0.4) is 0 Å². The van der Waals surface area contributed by atoms with Gasteiger partial charge in [-0.05, 0) is 0 Å². The summed E-state index contributed by atoms with van der Waals surface area (Å²) in [5, 5.41) is 10.5. The van der Waals surface area contributed by atoms with Crippen molar-refractivity contribution < 1.29 is 27.9 Å². The molecule has 0 fully saturated rings. The molecule has 1 amide bonds. The number of carbonyl (C=O) groups excluding carboxylic acids is 1. The predicted molar refractivity (Wildman–Crippen MR) is 48.3 cm³/mol. The summed E-state index contributed by atoms with van der Waals surface area (Å²) in [7, 11) is 0. The van der Waals surface area contributed by atoms with Crippen LogP contribution in [0.5, 0.6) is 0 Å². The van der Waals surface area contributed by atoms with E-state index < -0.39 is 35.3 Å². The fraction of sp³-hybridized carbons (Fsp3) is 0.250. The van der Waals surface area contributed by atoms with Gasteiger partial charge in [0.25, 0.3) is 0 Å². The molecule has 0 bridgehead atoms. The van der Waals surface area contributed by atoms with Crippen molar-refractivity contribution in [1.29, 1.82) is 0 Å². The number of amides is 1. The van der Waals surface area contributed by atoms with Gasteiger partial charge in [0.2, 0.25) is 11.9 Å². The molecule has 0 aromatic carbocycles. The molecule has 1 aromatic rings. The summed E-state index contributed by atoms with van der Waals surface area (Å²) in [6.07, 6.45) is -4.45. The molecule has 1 heterocycles. The minimum Gasteiger partial charge on any atom is -0.478 e. The highest BCUT2D eigenvalue weighted by Crippen LogP contribution is 2.30. The van der Waals surface area contributed by atoms with Crippen molar-refractivity contribution in [1.82, 2.24) is 9.97 Å². The zero-order chi connectivity index (χ0) is 13.2. The SMILES string of the molecule is CC(=O)Nc1ncc(C(=O)O)c(C(F)(F)F)n1. The number of nitrogens with zero attached hydrogens (tertiary/aromatic N) is 2. The zero-order valence-corrected chi connectivity index (χ0v) is 8.37. The van der Waals surface area contributed by atoms with E-state index in [2.05, 4.69) is 9.97 Å². The van der Waals surface area contributed by atoms with Crippen molar-refractivity contribution in [3.8, 4) is 0 Å². The van der Waals surface area contributed by atoms with E-state index in [1.165, 1.54) is 0 Å². The first-order valence-electron chi connectivity index (χ1n) is 4.17. The van der Waals surface area contributed by atoms with Crippen LogP contribution in [0.25, 0.3) is 0 Å². The molecule has 92 valence electrons. The average molecular weight is 249 g/mol. The van der Waals surface area contributed by atoms with E-state index in [4.69, 9.17) is 5.11 Å². The summed E-state index contributed by atoms with van der Waals surface area (Å²) in [6, 6.07) is 0. The van der Waals surface area contributed by atoms with E-state index in [9.17, 15) is 22.8 Å². The summed E-state index contributed by atoms with van der Waals surface area (Å²) in [6.45, 7) is 1.06. The van der Waals surface area contributed by atoms with E-state index in [0.29, 0.717) is 6.20 Å². The Morgan fingerprint density at radius 2 is 2.00 bits per heavy atom. The van der Waals surface area contributed by atoms with Crippen LogP contribution in [0.4, 0.5) is 19.1 Å². The molecule has 0 saturated carbocycles. The van der Waals surface area contributed by atoms with Crippen molar-refractivity contribution >= 4 is 17.8 Å². The molecule has 17 heavy (non-hydrogen) atoms. The van der Waals surface area contributed by atoms with Crippen LogP contribution in [0.2, 0.25) is 0 Å². The summed E-state index contributed by atoms with van der Waals surface area (Å²) >= 11 is 0. The van der Waals surface area contributed by atoms with Gasteiger partial charge >= 0.3 is 12.1 Å². The lowest BCUT2D eigenvalue weighted by Crippen LogP contribution is -2.19. The highest BCUT2D eigenvalue weighted by Gasteiger charge is 2.38. The fourth-order valence-electron chi connectivity index (χ4n) is 0.972. The Morgan fingerprint density at radius 1 is 1.41 bits per heavy atom. The molecule has 0 aliphatic carbocycles. The van der Waals surface area contributed by atoms with E-state index in [0.717, 1.165) is 6.92 Å². The van der Waals surface area contributed by atoms with Crippen LogP contribution in [-0.4, -0.2) is 27.0 Å². The van der Waals surface area contributed by atoms with Gasteiger partial charge in [-0.2, -0.15) is 13.2 Å². The third-order valence-electron chi connectivity index (χ3n) is 1.58. The minimum absolute atomic E-state index is 0.490. The molecule has 1 rings (SSSR count). The number of aromatic carboxylic acids is 1. The summed E-state index contributed by atoms with van der Waals surface area (Å²) in [4.78, 5) is 27.4. The van der Waals surface area contributed by atoms with Crippen molar-refractivity contribution in [3.63, 3.8) is 0 Å². The number of aromatic nitrogens is 2. The van der Waals surface area contributed by atoms with Gasteiger partial charge < -0.3 is 5.11 Å². The van der Waals surface area contributed by atoms with Crippen LogP contribution in [0, 0.1) is 0 Å². The molecule has 6 nitrogen and oxygen atoms in total. The summed E-state index contributed by atoms with van der Waals surface area (Å²) < 4.78 is 37.4. The van der Waals surface area contributed by atoms with Gasteiger partial charge in [-0.3, -0.25) is 10.1 Å². The second-order valence-corrected chi connectivity index (χ2v) is 2.94. The maximum Gasteiger partial charge on any atom is 0.434 e. The smallest absolute Gasteiger partial charge is 0.434 e. The number of nitrogens with one attached hydrogen (secondary N) is 1.